The van der Waals surface area contributed by atoms with Crippen LogP contribution in [0.25, 0.3) is 0 Å². The number of oxime groups is 1. The summed E-state index contributed by atoms with van der Waals surface area (Å²) >= 11 is 0. The van der Waals surface area contributed by atoms with Crippen molar-refractivity contribution in [3.63, 3.8) is 0 Å². The van der Waals surface area contributed by atoms with Gasteiger partial charge in [0.05, 0.1) is 0 Å². The number of nitrogens with zero attached hydrogens (tertiary/aromatic N) is 2. The van der Waals surface area contributed by atoms with E-state index in [1.165, 1.54) is 32.1 Å². The molecule has 0 bridgehead atoms. The summed E-state index contributed by atoms with van der Waals surface area (Å²) in [6, 6.07) is 0. The van der Waals surface area contributed by atoms with Gasteiger partial charge in [0.15, 0.2) is 5.71 Å². The Kier molecular flexibility index (Phi) is 4.39. The Balaban J connectivity index is 1.81. The standard InChI is InChI=1S/C13H20N2O4/c1-15(8-9-5-3-2-4-6-9)12(16)11-7-10(13(17)18)14-19-11/h9,11H,2-8H2,1H3,(H,17,18). The number of amides is 1. The van der Waals surface area contributed by atoms with E-state index < -0.39 is 12.1 Å². The van der Waals surface area contributed by atoms with Gasteiger partial charge in [0, 0.05) is 20.0 Å². The molecule has 106 valence electrons. The van der Waals surface area contributed by atoms with Crippen molar-refractivity contribution in [2.45, 2.75) is 44.6 Å². The van der Waals surface area contributed by atoms with Crippen molar-refractivity contribution in [2.24, 2.45) is 11.1 Å². The third kappa shape index (κ3) is 3.45. The molecule has 0 aromatic carbocycles. The van der Waals surface area contributed by atoms with Crippen LogP contribution in [-0.4, -0.2) is 47.3 Å². The maximum atomic E-state index is 12.1. The molecule has 0 spiro atoms. The van der Waals surface area contributed by atoms with Gasteiger partial charge in [-0.05, 0) is 18.8 Å². The van der Waals surface area contributed by atoms with Crippen molar-refractivity contribution in [1.82, 2.24) is 4.90 Å². The highest BCUT2D eigenvalue weighted by Crippen LogP contribution is 2.24. The third-order valence-electron chi connectivity index (χ3n) is 3.82. The van der Waals surface area contributed by atoms with E-state index in [0.29, 0.717) is 5.92 Å². The Morgan fingerprint density at radius 3 is 2.63 bits per heavy atom. The predicted molar refractivity (Wildman–Crippen MR) is 68.8 cm³/mol. The van der Waals surface area contributed by atoms with E-state index in [9.17, 15) is 9.59 Å². The summed E-state index contributed by atoms with van der Waals surface area (Å²) in [6.45, 7) is 0.723. The van der Waals surface area contributed by atoms with E-state index in [0.717, 1.165) is 6.54 Å². The molecule has 1 amide bonds. The molecular weight excluding hydrogens is 248 g/mol. The molecule has 2 rings (SSSR count). The number of carboxylic acid groups (broad SMARTS) is 1. The van der Waals surface area contributed by atoms with Gasteiger partial charge in [0.25, 0.3) is 5.91 Å². The van der Waals surface area contributed by atoms with Gasteiger partial charge in [-0.15, -0.1) is 0 Å². The summed E-state index contributed by atoms with van der Waals surface area (Å²) in [5.74, 6) is -0.736. The van der Waals surface area contributed by atoms with E-state index in [1.807, 2.05) is 0 Å². The van der Waals surface area contributed by atoms with Crippen LogP contribution in [0.3, 0.4) is 0 Å². The van der Waals surface area contributed by atoms with Crippen LogP contribution in [0.1, 0.15) is 38.5 Å². The quantitative estimate of drug-likeness (QED) is 0.832. The number of likely N-dealkylation sites (N-methyl/N-ethyl adjacent to an activating group) is 1. The smallest absolute Gasteiger partial charge is 0.353 e. The van der Waals surface area contributed by atoms with Crippen LogP contribution in [0.2, 0.25) is 0 Å². The summed E-state index contributed by atoms with van der Waals surface area (Å²) in [6.07, 6.45) is 5.39. The zero-order valence-electron chi connectivity index (χ0n) is 11.2. The molecule has 0 radical (unpaired) electrons. The maximum absolute atomic E-state index is 12.1. The largest absolute Gasteiger partial charge is 0.477 e. The fourth-order valence-electron chi connectivity index (χ4n) is 2.73. The number of aliphatic carboxylic acids is 1. The number of hydrogen-bond acceptors (Lipinski definition) is 4. The highest BCUT2D eigenvalue weighted by atomic mass is 16.6. The van der Waals surface area contributed by atoms with Crippen molar-refractivity contribution in [3.8, 4) is 0 Å². The van der Waals surface area contributed by atoms with E-state index in [2.05, 4.69) is 5.16 Å². The molecule has 1 fully saturated rings. The second-order valence-electron chi connectivity index (χ2n) is 5.36. The number of carbonyl (C=O) groups is 2. The first-order valence-corrected chi connectivity index (χ1v) is 6.79. The second kappa shape index (κ2) is 6.04. The van der Waals surface area contributed by atoms with Gasteiger partial charge in [-0.1, -0.05) is 24.4 Å². The summed E-state index contributed by atoms with van der Waals surface area (Å²) < 4.78 is 0. The Hall–Kier alpha value is -1.59. The average molecular weight is 268 g/mol. The number of carbonyl (C=O) groups excluding carboxylic acids is 1. The van der Waals surface area contributed by atoms with E-state index in [-0.39, 0.29) is 18.0 Å². The molecule has 6 nitrogen and oxygen atoms in total. The number of hydrogen-bond donors (Lipinski definition) is 1. The van der Waals surface area contributed by atoms with Crippen LogP contribution in [-0.2, 0) is 14.4 Å². The minimum Gasteiger partial charge on any atom is -0.477 e. The molecular formula is C13H20N2O4. The molecule has 0 aromatic rings. The first-order chi connectivity index (χ1) is 9.08. The Morgan fingerprint density at radius 2 is 2.05 bits per heavy atom. The molecule has 0 aromatic heterocycles. The van der Waals surface area contributed by atoms with Gasteiger partial charge in [-0.2, -0.15) is 0 Å². The summed E-state index contributed by atoms with van der Waals surface area (Å²) in [4.78, 5) is 29.4. The molecule has 6 heteroatoms. The van der Waals surface area contributed by atoms with Gasteiger partial charge in [-0.25, -0.2) is 4.79 Å². The van der Waals surface area contributed by atoms with Crippen LogP contribution in [0.4, 0.5) is 0 Å². The fourth-order valence-corrected chi connectivity index (χ4v) is 2.73. The van der Waals surface area contributed by atoms with Crippen molar-refractivity contribution in [1.29, 1.82) is 0 Å². The van der Waals surface area contributed by atoms with Crippen LogP contribution in [0.15, 0.2) is 5.16 Å². The van der Waals surface area contributed by atoms with Gasteiger partial charge in [0.2, 0.25) is 6.10 Å². The fraction of sp³-hybridized carbons (Fsp3) is 0.769. The predicted octanol–water partition coefficient (Wildman–Crippen LogP) is 1.25. The Morgan fingerprint density at radius 1 is 1.37 bits per heavy atom. The van der Waals surface area contributed by atoms with Gasteiger partial charge < -0.3 is 14.8 Å². The normalized spacial score (nSPS) is 23.6. The van der Waals surface area contributed by atoms with Crippen LogP contribution in [0.5, 0.6) is 0 Å². The molecule has 1 aliphatic carbocycles. The zero-order valence-corrected chi connectivity index (χ0v) is 11.2. The summed E-state index contributed by atoms with van der Waals surface area (Å²) in [7, 11) is 1.75. The van der Waals surface area contributed by atoms with Gasteiger partial charge in [-0.3, -0.25) is 4.79 Å². The first-order valence-electron chi connectivity index (χ1n) is 6.79. The van der Waals surface area contributed by atoms with Crippen LogP contribution < -0.4 is 0 Å². The monoisotopic (exact) mass is 268 g/mol. The molecule has 1 aliphatic heterocycles. The topological polar surface area (TPSA) is 79.2 Å². The number of carboxylic acids is 1. The van der Waals surface area contributed by atoms with E-state index >= 15 is 0 Å². The molecule has 1 unspecified atom stereocenters. The first kappa shape index (κ1) is 13.8. The average Bonchev–Trinajstić information content (AvgIpc) is 2.88. The molecule has 0 saturated heterocycles. The molecule has 1 atom stereocenters. The van der Waals surface area contributed by atoms with Gasteiger partial charge in [0.1, 0.15) is 0 Å². The van der Waals surface area contributed by atoms with Crippen molar-refractivity contribution >= 4 is 17.6 Å². The highest BCUT2D eigenvalue weighted by molar-refractivity contribution is 6.36. The summed E-state index contributed by atoms with van der Waals surface area (Å²) in [5.41, 5.74) is -0.0792. The zero-order chi connectivity index (χ0) is 13.8. The van der Waals surface area contributed by atoms with Crippen LogP contribution in [0, 0.1) is 5.92 Å². The van der Waals surface area contributed by atoms with Gasteiger partial charge >= 0.3 is 5.97 Å². The van der Waals surface area contributed by atoms with Crippen molar-refractivity contribution < 1.29 is 19.5 Å². The second-order valence-corrected chi connectivity index (χ2v) is 5.36. The lowest BCUT2D eigenvalue weighted by Crippen LogP contribution is -2.40. The number of rotatable bonds is 4. The molecule has 1 saturated carbocycles. The lowest BCUT2D eigenvalue weighted by atomic mass is 9.89. The summed E-state index contributed by atoms with van der Waals surface area (Å²) in [5, 5.41) is 12.2. The molecule has 1 heterocycles. The van der Waals surface area contributed by atoms with E-state index in [1.54, 1.807) is 11.9 Å². The Bertz CT molecular complexity index is 388. The lowest BCUT2D eigenvalue weighted by molar-refractivity contribution is -0.141. The molecule has 2 aliphatic rings. The SMILES string of the molecule is CN(CC1CCCCC1)C(=O)C1CC(C(=O)O)=NO1. The minimum atomic E-state index is -1.12. The Labute approximate surface area is 112 Å². The lowest BCUT2D eigenvalue weighted by Gasteiger charge is -2.28. The molecule has 19 heavy (non-hydrogen) atoms. The molecule has 1 N–H and O–H groups in total. The maximum Gasteiger partial charge on any atom is 0.353 e. The highest BCUT2D eigenvalue weighted by Gasteiger charge is 2.33. The van der Waals surface area contributed by atoms with Crippen LogP contribution >= 0.6 is 0 Å². The van der Waals surface area contributed by atoms with E-state index in [4.69, 9.17) is 9.94 Å². The van der Waals surface area contributed by atoms with Crippen molar-refractivity contribution in [3.05, 3.63) is 0 Å². The third-order valence-corrected chi connectivity index (χ3v) is 3.82. The van der Waals surface area contributed by atoms with Crippen molar-refractivity contribution in [2.75, 3.05) is 13.6 Å². The minimum absolute atomic E-state index is 0.0587.